The SMILES string of the molecule is C[C@@H](CN1CCC[C@H](CCC(N)=O)C1)c1ccc(F)cc1. The highest BCUT2D eigenvalue weighted by Gasteiger charge is 2.21. The van der Waals surface area contributed by atoms with Gasteiger partial charge in [-0.2, -0.15) is 0 Å². The Morgan fingerprint density at radius 1 is 1.43 bits per heavy atom. The number of benzene rings is 1. The van der Waals surface area contributed by atoms with Crippen LogP contribution in [0.2, 0.25) is 0 Å². The van der Waals surface area contributed by atoms with Crippen LogP contribution in [0.5, 0.6) is 0 Å². The highest BCUT2D eigenvalue weighted by molar-refractivity contribution is 5.73. The molecule has 0 aromatic heterocycles. The summed E-state index contributed by atoms with van der Waals surface area (Å²) in [5.41, 5.74) is 6.41. The number of halogens is 1. The molecule has 3 nitrogen and oxygen atoms in total. The Bertz CT molecular complexity index is 460. The number of primary amides is 1. The topological polar surface area (TPSA) is 46.3 Å². The summed E-state index contributed by atoms with van der Waals surface area (Å²) in [5, 5.41) is 0. The molecular formula is C17H25FN2O. The maximum atomic E-state index is 13.0. The maximum Gasteiger partial charge on any atom is 0.217 e. The number of amides is 1. The largest absolute Gasteiger partial charge is 0.370 e. The number of hydrogen-bond acceptors (Lipinski definition) is 2. The smallest absolute Gasteiger partial charge is 0.217 e. The van der Waals surface area contributed by atoms with Crippen LogP contribution in [0.15, 0.2) is 24.3 Å². The highest BCUT2D eigenvalue weighted by atomic mass is 19.1. The average molecular weight is 292 g/mol. The van der Waals surface area contributed by atoms with Crippen molar-refractivity contribution in [2.45, 2.75) is 38.5 Å². The van der Waals surface area contributed by atoms with Gasteiger partial charge in [-0.3, -0.25) is 4.79 Å². The van der Waals surface area contributed by atoms with E-state index in [-0.39, 0.29) is 11.7 Å². The molecule has 2 N–H and O–H groups in total. The molecule has 116 valence electrons. The molecular weight excluding hydrogens is 267 g/mol. The number of carbonyl (C=O) groups excluding carboxylic acids is 1. The molecule has 4 heteroatoms. The number of hydrogen-bond donors (Lipinski definition) is 1. The Morgan fingerprint density at radius 2 is 2.14 bits per heavy atom. The van der Waals surface area contributed by atoms with Gasteiger partial charge >= 0.3 is 0 Å². The number of piperidine rings is 1. The van der Waals surface area contributed by atoms with Crippen molar-refractivity contribution in [2.75, 3.05) is 19.6 Å². The van der Waals surface area contributed by atoms with Crippen LogP contribution in [0.1, 0.15) is 44.1 Å². The minimum atomic E-state index is -0.202. The predicted molar refractivity (Wildman–Crippen MR) is 82.4 cm³/mol. The Balaban J connectivity index is 1.84. The average Bonchev–Trinajstić information content (AvgIpc) is 2.46. The summed E-state index contributed by atoms with van der Waals surface area (Å²) in [6, 6.07) is 6.79. The molecule has 1 aromatic rings. The van der Waals surface area contributed by atoms with Gasteiger partial charge in [-0.15, -0.1) is 0 Å². The zero-order chi connectivity index (χ0) is 15.2. The second-order valence-corrected chi connectivity index (χ2v) is 6.23. The summed E-state index contributed by atoms with van der Waals surface area (Å²) in [6.45, 7) is 5.32. The van der Waals surface area contributed by atoms with Gasteiger partial charge in [-0.1, -0.05) is 19.1 Å². The first-order valence-corrected chi connectivity index (χ1v) is 7.80. The lowest BCUT2D eigenvalue weighted by Gasteiger charge is -2.34. The van der Waals surface area contributed by atoms with Crippen molar-refractivity contribution in [3.8, 4) is 0 Å². The number of likely N-dealkylation sites (tertiary alicyclic amines) is 1. The van der Waals surface area contributed by atoms with Crippen molar-refractivity contribution >= 4 is 5.91 Å². The van der Waals surface area contributed by atoms with Gasteiger partial charge < -0.3 is 10.6 Å². The predicted octanol–water partition coefficient (Wildman–Crippen LogP) is 2.91. The standard InChI is InChI=1S/C17H25FN2O/c1-13(15-5-7-16(18)8-6-15)11-20-10-2-3-14(12-20)4-9-17(19)21/h5-8,13-14H,2-4,9-12H2,1H3,(H2,19,21)/t13-,14+/m0/s1. The van der Waals surface area contributed by atoms with Gasteiger partial charge in [0, 0.05) is 19.5 Å². The summed E-state index contributed by atoms with van der Waals surface area (Å²) < 4.78 is 13.0. The number of nitrogens with zero attached hydrogens (tertiary/aromatic N) is 1. The van der Waals surface area contributed by atoms with Gasteiger partial charge in [-0.25, -0.2) is 4.39 Å². The molecule has 1 fully saturated rings. The minimum Gasteiger partial charge on any atom is -0.370 e. The van der Waals surface area contributed by atoms with Gasteiger partial charge in [-0.05, 0) is 55.3 Å². The molecule has 0 unspecified atom stereocenters. The van der Waals surface area contributed by atoms with Gasteiger partial charge in [0.15, 0.2) is 0 Å². The molecule has 0 spiro atoms. The van der Waals surface area contributed by atoms with E-state index in [1.807, 2.05) is 12.1 Å². The van der Waals surface area contributed by atoms with Crippen molar-refractivity contribution in [1.82, 2.24) is 4.90 Å². The van der Waals surface area contributed by atoms with Gasteiger partial charge in [0.2, 0.25) is 5.91 Å². The van der Waals surface area contributed by atoms with E-state index in [1.165, 1.54) is 30.5 Å². The first kappa shape index (κ1) is 16.0. The fourth-order valence-electron chi connectivity index (χ4n) is 3.18. The van der Waals surface area contributed by atoms with E-state index in [0.717, 1.165) is 26.1 Å². The van der Waals surface area contributed by atoms with E-state index < -0.39 is 0 Å². The highest BCUT2D eigenvalue weighted by Crippen LogP contribution is 2.24. The molecule has 21 heavy (non-hydrogen) atoms. The molecule has 0 aliphatic carbocycles. The molecule has 2 atom stereocenters. The third-order valence-electron chi connectivity index (χ3n) is 4.37. The first-order chi connectivity index (χ1) is 10.0. The molecule has 0 saturated carbocycles. The van der Waals surface area contributed by atoms with E-state index in [9.17, 15) is 9.18 Å². The molecule has 1 aliphatic rings. The van der Waals surface area contributed by atoms with Crippen LogP contribution in [0, 0.1) is 11.7 Å². The number of rotatable bonds is 6. The lowest BCUT2D eigenvalue weighted by molar-refractivity contribution is -0.118. The quantitative estimate of drug-likeness (QED) is 0.876. The lowest BCUT2D eigenvalue weighted by Crippen LogP contribution is -2.38. The third-order valence-corrected chi connectivity index (χ3v) is 4.37. The van der Waals surface area contributed by atoms with Crippen LogP contribution in [-0.4, -0.2) is 30.4 Å². The van der Waals surface area contributed by atoms with Crippen molar-refractivity contribution in [1.29, 1.82) is 0 Å². The summed E-state index contributed by atoms with van der Waals surface area (Å²) in [4.78, 5) is 13.4. The molecule has 1 aromatic carbocycles. The van der Waals surface area contributed by atoms with Crippen LogP contribution in [0.4, 0.5) is 4.39 Å². The molecule has 0 bridgehead atoms. The van der Waals surface area contributed by atoms with Crippen LogP contribution in [0.25, 0.3) is 0 Å². The molecule has 2 rings (SSSR count). The third kappa shape index (κ3) is 5.12. The fraction of sp³-hybridized carbons (Fsp3) is 0.588. The Hall–Kier alpha value is -1.42. The van der Waals surface area contributed by atoms with Gasteiger partial charge in [0.05, 0.1) is 0 Å². The Labute approximate surface area is 126 Å². The summed E-state index contributed by atoms with van der Waals surface area (Å²) in [7, 11) is 0. The molecule has 1 saturated heterocycles. The monoisotopic (exact) mass is 292 g/mol. The van der Waals surface area contributed by atoms with E-state index >= 15 is 0 Å². The molecule has 1 amide bonds. The second-order valence-electron chi connectivity index (χ2n) is 6.23. The molecule has 1 heterocycles. The van der Waals surface area contributed by atoms with E-state index in [0.29, 0.717) is 18.3 Å². The van der Waals surface area contributed by atoms with Crippen molar-refractivity contribution in [3.05, 3.63) is 35.6 Å². The number of nitrogens with two attached hydrogens (primary N) is 1. The van der Waals surface area contributed by atoms with E-state index in [1.54, 1.807) is 0 Å². The number of carbonyl (C=O) groups is 1. The first-order valence-electron chi connectivity index (χ1n) is 7.80. The molecule has 1 aliphatic heterocycles. The van der Waals surface area contributed by atoms with Crippen molar-refractivity contribution in [2.24, 2.45) is 11.7 Å². The Morgan fingerprint density at radius 3 is 2.81 bits per heavy atom. The summed E-state index contributed by atoms with van der Waals surface area (Å²) in [5.74, 6) is 0.578. The zero-order valence-electron chi connectivity index (χ0n) is 12.7. The van der Waals surface area contributed by atoms with Gasteiger partial charge in [0.1, 0.15) is 5.82 Å². The maximum absolute atomic E-state index is 13.0. The lowest BCUT2D eigenvalue weighted by atomic mass is 9.92. The van der Waals surface area contributed by atoms with Crippen molar-refractivity contribution in [3.63, 3.8) is 0 Å². The van der Waals surface area contributed by atoms with Crippen LogP contribution < -0.4 is 5.73 Å². The van der Waals surface area contributed by atoms with E-state index in [4.69, 9.17) is 5.73 Å². The van der Waals surface area contributed by atoms with E-state index in [2.05, 4.69) is 11.8 Å². The molecule has 0 radical (unpaired) electrons. The minimum absolute atomic E-state index is 0.185. The summed E-state index contributed by atoms with van der Waals surface area (Å²) >= 11 is 0. The summed E-state index contributed by atoms with van der Waals surface area (Å²) in [6.07, 6.45) is 3.76. The normalized spacial score (nSPS) is 21.1. The second kappa shape index (κ2) is 7.55. The Kier molecular flexibility index (Phi) is 5.74. The van der Waals surface area contributed by atoms with Gasteiger partial charge in [0.25, 0.3) is 0 Å². The van der Waals surface area contributed by atoms with Crippen LogP contribution in [-0.2, 0) is 4.79 Å². The van der Waals surface area contributed by atoms with Crippen LogP contribution in [0.3, 0.4) is 0 Å². The van der Waals surface area contributed by atoms with Crippen molar-refractivity contribution < 1.29 is 9.18 Å². The van der Waals surface area contributed by atoms with Crippen LogP contribution >= 0.6 is 0 Å². The fourth-order valence-corrected chi connectivity index (χ4v) is 3.18. The zero-order valence-corrected chi connectivity index (χ0v) is 12.7.